The summed E-state index contributed by atoms with van der Waals surface area (Å²) in [7, 11) is 3.73. The fourth-order valence-electron chi connectivity index (χ4n) is 2.88. The zero-order valence-corrected chi connectivity index (χ0v) is 18.0. The SMILES string of the molecule is CC(C)C[C@H](Nc1nscc1-c1ccc(C(=O)CN(C)C)cc1)C(=O)NCC#N. The number of ketones is 1. The lowest BCUT2D eigenvalue weighted by molar-refractivity contribution is -0.121. The molecule has 1 aromatic carbocycles. The van der Waals surface area contributed by atoms with Gasteiger partial charge in [0.15, 0.2) is 5.78 Å². The van der Waals surface area contributed by atoms with E-state index in [0.29, 0.717) is 30.3 Å². The van der Waals surface area contributed by atoms with E-state index in [4.69, 9.17) is 5.26 Å². The molecule has 1 heterocycles. The Morgan fingerprint density at radius 1 is 1.24 bits per heavy atom. The highest BCUT2D eigenvalue weighted by molar-refractivity contribution is 7.04. The number of anilines is 1. The summed E-state index contributed by atoms with van der Waals surface area (Å²) in [4.78, 5) is 26.5. The molecule has 2 N–H and O–H groups in total. The second kappa shape index (κ2) is 10.7. The smallest absolute Gasteiger partial charge is 0.243 e. The first-order chi connectivity index (χ1) is 13.8. The van der Waals surface area contributed by atoms with Crippen LogP contribution in [-0.2, 0) is 4.79 Å². The number of nitriles is 1. The zero-order valence-electron chi connectivity index (χ0n) is 17.2. The highest BCUT2D eigenvalue weighted by atomic mass is 32.1. The summed E-state index contributed by atoms with van der Waals surface area (Å²) in [5.41, 5.74) is 2.46. The van der Waals surface area contributed by atoms with E-state index >= 15 is 0 Å². The minimum Gasteiger partial charge on any atom is -0.357 e. The number of carbonyl (C=O) groups is 2. The first kappa shape index (κ1) is 22.5. The minimum absolute atomic E-state index is 0.0263. The molecule has 2 rings (SSSR count). The predicted molar refractivity (Wildman–Crippen MR) is 116 cm³/mol. The molecule has 1 aromatic heterocycles. The fraction of sp³-hybridized carbons (Fsp3) is 0.429. The van der Waals surface area contributed by atoms with Crippen molar-refractivity contribution in [3.8, 4) is 17.2 Å². The van der Waals surface area contributed by atoms with Crippen molar-refractivity contribution in [2.75, 3.05) is 32.5 Å². The van der Waals surface area contributed by atoms with Crippen LogP contribution in [0.5, 0.6) is 0 Å². The maximum Gasteiger partial charge on any atom is 0.243 e. The number of benzene rings is 1. The van der Waals surface area contributed by atoms with E-state index in [1.54, 1.807) is 0 Å². The summed E-state index contributed by atoms with van der Waals surface area (Å²) < 4.78 is 4.41. The number of likely N-dealkylation sites (N-methyl/N-ethyl adjacent to an activating group) is 1. The number of hydrogen-bond acceptors (Lipinski definition) is 7. The van der Waals surface area contributed by atoms with E-state index in [0.717, 1.165) is 11.1 Å². The van der Waals surface area contributed by atoms with Gasteiger partial charge >= 0.3 is 0 Å². The van der Waals surface area contributed by atoms with Crippen molar-refractivity contribution < 1.29 is 9.59 Å². The standard InChI is InChI=1S/C21H27N5O2S/c1-14(2)11-18(21(28)23-10-9-22)24-20-17(13-29-25-20)15-5-7-16(8-6-15)19(27)12-26(3)4/h5-8,13-14,18H,10-12H2,1-4H3,(H,23,28)(H,24,25)/t18-/m0/s1. The Balaban J connectivity index is 2.19. The van der Waals surface area contributed by atoms with Crippen LogP contribution < -0.4 is 10.6 Å². The topological polar surface area (TPSA) is 98.1 Å². The normalized spacial score (nSPS) is 11.9. The van der Waals surface area contributed by atoms with Crippen LogP contribution in [0.4, 0.5) is 5.82 Å². The molecule has 0 aliphatic rings. The Kier molecular flexibility index (Phi) is 8.31. The molecule has 1 atom stereocenters. The Morgan fingerprint density at radius 3 is 2.52 bits per heavy atom. The lowest BCUT2D eigenvalue weighted by Crippen LogP contribution is -2.40. The number of aromatic nitrogens is 1. The Bertz CT molecular complexity index is 868. The van der Waals surface area contributed by atoms with Crippen molar-refractivity contribution in [2.24, 2.45) is 5.92 Å². The number of rotatable bonds is 10. The van der Waals surface area contributed by atoms with Gasteiger partial charge in [0, 0.05) is 16.5 Å². The molecule has 7 nitrogen and oxygen atoms in total. The predicted octanol–water partition coefficient (Wildman–Crippen LogP) is 3.02. The van der Waals surface area contributed by atoms with Crippen LogP contribution in [0.3, 0.4) is 0 Å². The number of amides is 1. The highest BCUT2D eigenvalue weighted by Crippen LogP contribution is 2.30. The largest absolute Gasteiger partial charge is 0.357 e. The average molecular weight is 414 g/mol. The molecule has 154 valence electrons. The Morgan fingerprint density at radius 2 is 1.93 bits per heavy atom. The summed E-state index contributed by atoms with van der Waals surface area (Å²) in [6, 6.07) is 8.86. The molecule has 0 aliphatic carbocycles. The molecule has 0 saturated heterocycles. The minimum atomic E-state index is -0.481. The third kappa shape index (κ3) is 6.66. The maximum absolute atomic E-state index is 12.4. The van der Waals surface area contributed by atoms with Crippen LogP contribution in [-0.4, -0.2) is 54.2 Å². The van der Waals surface area contributed by atoms with Crippen molar-refractivity contribution in [1.29, 1.82) is 5.26 Å². The monoisotopic (exact) mass is 413 g/mol. The van der Waals surface area contributed by atoms with Gasteiger partial charge in [-0.15, -0.1) is 0 Å². The first-order valence-corrected chi connectivity index (χ1v) is 10.3. The van der Waals surface area contributed by atoms with Crippen LogP contribution in [0.2, 0.25) is 0 Å². The van der Waals surface area contributed by atoms with E-state index in [2.05, 4.69) is 15.0 Å². The molecule has 0 fully saturated rings. The molecule has 0 unspecified atom stereocenters. The quantitative estimate of drug-likeness (QED) is 0.459. The van der Waals surface area contributed by atoms with Gasteiger partial charge in [-0.2, -0.15) is 9.64 Å². The number of carbonyl (C=O) groups excluding carboxylic acids is 2. The Labute approximate surface area is 175 Å². The first-order valence-electron chi connectivity index (χ1n) is 9.45. The highest BCUT2D eigenvalue weighted by Gasteiger charge is 2.22. The van der Waals surface area contributed by atoms with Gasteiger partial charge in [-0.25, -0.2) is 0 Å². The van der Waals surface area contributed by atoms with E-state index in [9.17, 15) is 9.59 Å². The van der Waals surface area contributed by atoms with Crippen LogP contribution >= 0.6 is 11.5 Å². The van der Waals surface area contributed by atoms with Gasteiger partial charge in [-0.1, -0.05) is 38.1 Å². The lowest BCUT2D eigenvalue weighted by atomic mass is 10.0. The molecule has 0 radical (unpaired) electrons. The van der Waals surface area contributed by atoms with Crippen molar-refractivity contribution in [1.82, 2.24) is 14.6 Å². The third-order valence-electron chi connectivity index (χ3n) is 4.22. The number of Topliss-reactive ketones (excluding diaryl/α,β-unsaturated/α-hetero) is 1. The van der Waals surface area contributed by atoms with Gasteiger partial charge in [0.1, 0.15) is 18.4 Å². The van der Waals surface area contributed by atoms with Crippen molar-refractivity contribution in [3.05, 3.63) is 35.2 Å². The van der Waals surface area contributed by atoms with E-state index in [1.165, 1.54) is 11.5 Å². The van der Waals surface area contributed by atoms with Crippen molar-refractivity contribution in [2.45, 2.75) is 26.3 Å². The second-order valence-corrected chi connectivity index (χ2v) is 8.15. The zero-order chi connectivity index (χ0) is 21.4. The second-order valence-electron chi connectivity index (χ2n) is 7.52. The molecular formula is C21H27N5O2S. The number of nitrogens with one attached hydrogen (secondary N) is 2. The molecule has 0 bridgehead atoms. The molecule has 8 heteroatoms. The lowest BCUT2D eigenvalue weighted by Gasteiger charge is -2.20. The molecular weight excluding hydrogens is 386 g/mol. The summed E-state index contributed by atoms with van der Waals surface area (Å²) in [5, 5.41) is 16.5. The van der Waals surface area contributed by atoms with Gasteiger partial charge in [0.25, 0.3) is 0 Å². The average Bonchev–Trinajstić information content (AvgIpc) is 3.13. The van der Waals surface area contributed by atoms with E-state index < -0.39 is 6.04 Å². The molecule has 0 aliphatic heterocycles. The molecule has 2 aromatic rings. The summed E-state index contributed by atoms with van der Waals surface area (Å²) in [5.74, 6) is 0.767. The van der Waals surface area contributed by atoms with Crippen molar-refractivity contribution in [3.63, 3.8) is 0 Å². The van der Waals surface area contributed by atoms with E-state index in [-0.39, 0.29) is 18.2 Å². The van der Waals surface area contributed by atoms with Gasteiger partial charge in [0.05, 0.1) is 12.6 Å². The summed E-state index contributed by atoms with van der Waals surface area (Å²) >= 11 is 1.30. The number of nitrogens with zero attached hydrogens (tertiary/aromatic N) is 3. The van der Waals surface area contributed by atoms with Crippen LogP contribution in [0.25, 0.3) is 11.1 Å². The van der Waals surface area contributed by atoms with Gasteiger partial charge in [0.2, 0.25) is 5.91 Å². The van der Waals surface area contributed by atoms with Gasteiger partial charge < -0.3 is 15.5 Å². The Hall–Kier alpha value is -2.76. The molecule has 1 amide bonds. The summed E-state index contributed by atoms with van der Waals surface area (Å²) in [6.45, 7) is 4.41. The van der Waals surface area contributed by atoms with E-state index in [1.807, 2.05) is 68.6 Å². The third-order valence-corrected chi connectivity index (χ3v) is 4.85. The molecule has 29 heavy (non-hydrogen) atoms. The van der Waals surface area contributed by atoms with Gasteiger partial charge in [-0.3, -0.25) is 9.59 Å². The van der Waals surface area contributed by atoms with Gasteiger partial charge in [-0.05, 0) is 43.5 Å². The van der Waals surface area contributed by atoms with Crippen LogP contribution in [0.15, 0.2) is 29.6 Å². The molecule has 0 saturated carbocycles. The molecule has 0 spiro atoms. The maximum atomic E-state index is 12.4. The van der Waals surface area contributed by atoms with Crippen LogP contribution in [0, 0.1) is 17.2 Å². The summed E-state index contributed by atoms with van der Waals surface area (Å²) in [6.07, 6.45) is 0.617. The van der Waals surface area contributed by atoms with Crippen molar-refractivity contribution >= 4 is 29.0 Å². The van der Waals surface area contributed by atoms with Crippen LogP contribution in [0.1, 0.15) is 30.6 Å². The number of hydrogen-bond donors (Lipinski definition) is 2. The fourth-order valence-corrected chi connectivity index (χ4v) is 3.54.